The van der Waals surface area contributed by atoms with Gasteiger partial charge in [-0.25, -0.2) is 13.2 Å². The molecule has 0 radical (unpaired) electrons. The Balaban J connectivity index is 1.23. The number of anilines is 2. The summed E-state index contributed by atoms with van der Waals surface area (Å²) in [6.45, 7) is 8.17. The van der Waals surface area contributed by atoms with E-state index in [-0.39, 0.29) is 10.5 Å². The number of nitrogens with zero attached hydrogens (tertiary/aromatic N) is 1. The van der Waals surface area contributed by atoms with E-state index in [9.17, 15) is 18.0 Å². The summed E-state index contributed by atoms with van der Waals surface area (Å²) in [5.74, 6) is -1.16. The highest BCUT2D eigenvalue weighted by Gasteiger charge is 2.21. The van der Waals surface area contributed by atoms with Crippen LogP contribution in [-0.2, 0) is 26.1 Å². The molecule has 1 atom stereocenters. The molecular formula is C32H31N3O5S. The van der Waals surface area contributed by atoms with Gasteiger partial charge in [-0.3, -0.25) is 9.52 Å². The number of carbonyl (C=O) groups excluding carboxylic acids is 2. The van der Waals surface area contributed by atoms with E-state index in [0.29, 0.717) is 11.4 Å². The van der Waals surface area contributed by atoms with E-state index in [1.54, 1.807) is 18.2 Å². The van der Waals surface area contributed by atoms with Gasteiger partial charge < -0.3 is 14.6 Å². The van der Waals surface area contributed by atoms with Crippen LogP contribution in [0.1, 0.15) is 35.3 Å². The number of amides is 1. The third-order valence-corrected chi connectivity index (χ3v) is 8.55. The smallest absolute Gasteiger partial charge is 0.338 e. The van der Waals surface area contributed by atoms with Gasteiger partial charge in [0.2, 0.25) is 0 Å². The van der Waals surface area contributed by atoms with Crippen molar-refractivity contribution in [1.29, 1.82) is 0 Å². The number of hydrogen-bond acceptors (Lipinski definition) is 5. The predicted molar refractivity (Wildman–Crippen MR) is 162 cm³/mol. The first-order valence-electron chi connectivity index (χ1n) is 13.3. The summed E-state index contributed by atoms with van der Waals surface area (Å²) in [7, 11) is -3.79. The lowest BCUT2D eigenvalue weighted by Gasteiger charge is -2.14. The van der Waals surface area contributed by atoms with Gasteiger partial charge in [0.15, 0.2) is 6.10 Å². The number of rotatable bonds is 8. The van der Waals surface area contributed by atoms with Crippen LogP contribution in [0.4, 0.5) is 11.4 Å². The summed E-state index contributed by atoms with van der Waals surface area (Å²) in [4.78, 5) is 25.7. The number of benzene rings is 4. The monoisotopic (exact) mass is 569 g/mol. The van der Waals surface area contributed by atoms with Crippen molar-refractivity contribution in [2.75, 3.05) is 10.0 Å². The molecule has 0 aliphatic heterocycles. The molecule has 41 heavy (non-hydrogen) atoms. The lowest BCUT2D eigenvalue weighted by Crippen LogP contribution is -2.30. The Kier molecular flexibility index (Phi) is 7.55. The molecule has 0 saturated carbocycles. The number of aromatic nitrogens is 1. The van der Waals surface area contributed by atoms with Gasteiger partial charge >= 0.3 is 5.97 Å². The van der Waals surface area contributed by atoms with Gasteiger partial charge in [-0.05, 0) is 99.5 Å². The Hall–Kier alpha value is -4.63. The minimum absolute atomic E-state index is 0.152. The largest absolute Gasteiger partial charge is 0.449 e. The fraction of sp³-hybridized carbons (Fsp3) is 0.188. The number of carbonyl (C=O) groups is 2. The Morgan fingerprint density at radius 3 is 2.22 bits per heavy atom. The van der Waals surface area contributed by atoms with Crippen molar-refractivity contribution in [3.8, 4) is 0 Å². The number of aryl methyl sites for hydroxylation is 3. The van der Waals surface area contributed by atoms with E-state index in [1.165, 1.54) is 31.2 Å². The van der Waals surface area contributed by atoms with Crippen molar-refractivity contribution in [2.45, 2.75) is 45.2 Å². The normalized spacial score (nSPS) is 12.3. The van der Waals surface area contributed by atoms with E-state index in [4.69, 9.17) is 4.74 Å². The van der Waals surface area contributed by atoms with E-state index < -0.39 is 28.0 Å². The zero-order valence-electron chi connectivity index (χ0n) is 23.3. The van der Waals surface area contributed by atoms with Gasteiger partial charge in [0.05, 0.1) is 10.5 Å². The van der Waals surface area contributed by atoms with E-state index in [1.807, 2.05) is 44.2 Å². The van der Waals surface area contributed by atoms with Crippen molar-refractivity contribution in [1.82, 2.24) is 4.57 Å². The minimum atomic E-state index is -3.79. The highest BCUT2D eigenvalue weighted by molar-refractivity contribution is 7.92. The molecule has 0 saturated heterocycles. The minimum Gasteiger partial charge on any atom is -0.449 e. The Morgan fingerprint density at radius 1 is 0.829 bits per heavy atom. The van der Waals surface area contributed by atoms with Gasteiger partial charge in [0.25, 0.3) is 15.9 Å². The average molecular weight is 570 g/mol. The molecule has 1 amide bonds. The third kappa shape index (κ3) is 5.67. The molecule has 1 heterocycles. The van der Waals surface area contributed by atoms with Gasteiger partial charge in [0, 0.05) is 39.7 Å². The molecule has 0 aliphatic carbocycles. The van der Waals surface area contributed by atoms with Crippen LogP contribution in [0.5, 0.6) is 0 Å². The zero-order chi connectivity index (χ0) is 29.3. The number of hydrogen-bond donors (Lipinski definition) is 2. The maximum atomic E-state index is 12.9. The zero-order valence-corrected chi connectivity index (χ0v) is 24.1. The molecule has 210 valence electrons. The number of fused-ring (bicyclic) bond motifs is 3. The first kappa shape index (κ1) is 27.9. The lowest BCUT2D eigenvalue weighted by atomic mass is 10.1. The third-order valence-electron chi connectivity index (χ3n) is 7.17. The molecule has 1 unspecified atom stereocenters. The number of ether oxygens (including phenoxy) is 1. The molecule has 0 fully saturated rings. The van der Waals surface area contributed by atoms with Crippen molar-refractivity contribution < 1.29 is 22.7 Å². The topological polar surface area (TPSA) is 106 Å². The van der Waals surface area contributed by atoms with Crippen LogP contribution in [0.15, 0.2) is 89.8 Å². The molecule has 0 bridgehead atoms. The van der Waals surface area contributed by atoms with Crippen LogP contribution >= 0.6 is 0 Å². The van der Waals surface area contributed by atoms with Crippen molar-refractivity contribution in [2.24, 2.45) is 0 Å². The number of esters is 1. The summed E-state index contributed by atoms with van der Waals surface area (Å²) in [5, 5.41) is 4.96. The second-order valence-corrected chi connectivity index (χ2v) is 11.6. The molecular weight excluding hydrogens is 538 g/mol. The summed E-state index contributed by atoms with van der Waals surface area (Å²) in [6, 6.07) is 24.6. The fourth-order valence-corrected chi connectivity index (χ4v) is 5.91. The van der Waals surface area contributed by atoms with Gasteiger partial charge in [-0.15, -0.1) is 0 Å². The van der Waals surface area contributed by atoms with E-state index in [0.717, 1.165) is 39.5 Å². The Morgan fingerprint density at radius 2 is 1.51 bits per heavy atom. The van der Waals surface area contributed by atoms with Gasteiger partial charge in [-0.1, -0.05) is 24.3 Å². The first-order valence-corrected chi connectivity index (χ1v) is 14.8. The number of nitrogens with one attached hydrogen (secondary N) is 2. The first-order chi connectivity index (χ1) is 19.6. The maximum Gasteiger partial charge on any atom is 0.338 e. The van der Waals surface area contributed by atoms with Crippen LogP contribution in [0, 0.1) is 13.8 Å². The van der Waals surface area contributed by atoms with Crippen LogP contribution < -0.4 is 10.0 Å². The molecule has 5 rings (SSSR count). The highest BCUT2D eigenvalue weighted by atomic mass is 32.2. The van der Waals surface area contributed by atoms with Crippen LogP contribution in [-0.4, -0.2) is 31.0 Å². The van der Waals surface area contributed by atoms with Gasteiger partial charge in [0.1, 0.15) is 0 Å². The van der Waals surface area contributed by atoms with Crippen molar-refractivity contribution in [3.63, 3.8) is 0 Å². The lowest BCUT2D eigenvalue weighted by molar-refractivity contribution is -0.123. The Labute approximate surface area is 239 Å². The Bertz CT molecular complexity index is 1890. The van der Waals surface area contributed by atoms with Crippen LogP contribution in [0.3, 0.4) is 0 Å². The maximum absolute atomic E-state index is 12.9. The average Bonchev–Trinajstić information content (AvgIpc) is 3.27. The van der Waals surface area contributed by atoms with Crippen LogP contribution in [0.2, 0.25) is 0 Å². The van der Waals surface area contributed by atoms with E-state index >= 15 is 0 Å². The van der Waals surface area contributed by atoms with Crippen molar-refractivity contribution in [3.05, 3.63) is 102 Å². The molecule has 5 aromatic rings. The van der Waals surface area contributed by atoms with E-state index in [2.05, 4.69) is 33.7 Å². The second-order valence-electron chi connectivity index (χ2n) is 9.96. The summed E-state index contributed by atoms with van der Waals surface area (Å²) >= 11 is 0. The molecule has 0 spiro atoms. The predicted octanol–water partition coefficient (Wildman–Crippen LogP) is 6.42. The fourth-order valence-electron chi connectivity index (χ4n) is 4.77. The molecule has 0 aliphatic rings. The summed E-state index contributed by atoms with van der Waals surface area (Å²) in [6.07, 6.45) is -1.06. The summed E-state index contributed by atoms with van der Waals surface area (Å²) < 4.78 is 35.6. The number of sulfonamides is 1. The number of para-hydroxylation sites is 1. The molecule has 1 aromatic heterocycles. The molecule has 4 aromatic carbocycles. The molecule has 8 nitrogen and oxygen atoms in total. The van der Waals surface area contributed by atoms with Crippen LogP contribution in [0.25, 0.3) is 21.8 Å². The highest BCUT2D eigenvalue weighted by Crippen LogP contribution is 2.31. The quantitative estimate of drug-likeness (QED) is 0.210. The SMILES string of the molecule is CCn1c2ccccc2c2cc(NC(=O)C(C)OC(=O)c3ccc(NS(=O)(=O)c4ccc(C)c(C)c4)cc3)ccc21. The summed E-state index contributed by atoms with van der Waals surface area (Å²) in [5.41, 5.74) is 5.15. The molecule has 9 heteroatoms. The molecule has 2 N–H and O–H groups in total. The van der Waals surface area contributed by atoms with Crippen molar-refractivity contribution >= 4 is 55.1 Å². The van der Waals surface area contributed by atoms with Gasteiger partial charge in [-0.2, -0.15) is 0 Å². The second kappa shape index (κ2) is 11.1. The standard InChI is InChI=1S/C32H31N3O5S/c1-5-35-29-9-7-6-8-27(29)28-19-25(15-17-30(28)35)33-31(36)22(4)40-32(37)23-11-13-24(14-12-23)34-41(38,39)26-16-10-20(2)21(3)18-26/h6-19,22,34H,5H2,1-4H3,(H,33,36).